The van der Waals surface area contributed by atoms with Crippen LogP contribution in [-0.4, -0.2) is 22.5 Å². The van der Waals surface area contributed by atoms with E-state index in [-0.39, 0.29) is 12.2 Å². The largest absolute Gasteiger partial charge is 0.492 e. The number of hydrogen-bond donors (Lipinski definition) is 1. The number of carbonyl (C=O) groups is 1. The zero-order valence-corrected chi connectivity index (χ0v) is 15.3. The molecule has 6 nitrogen and oxygen atoms in total. The van der Waals surface area contributed by atoms with Crippen LogP contribution >= 0.6 is 11.6 Å². The van der Waals surface area contributed by atoms with Crippen molar-refractivity contribution in [2.75, 3.05) is 6.61 Å². The Bertz CT molecular complexity index is 1080. The Kier molecular flexibility index (Phi) is 4.58. The third kappa shape index (κ3) is 3.53. The van der Waals surface area contributed by atoms with E-state index in [2.05, 4.69) is 9.97 Å². The molecule has 4 rings (SSSR count). The van der Waals surface area contributed by atoms with Crippen molar-refractivity contribution in [1.82, 2.24) is 9.97 Å². The fraction of sp³-hybridized carbons (Fsp3) is 0.250. The molecule has 2 heterocycles. The predicted octanol–water partition coefficient (Wildman–Crippen LogP) is 3.43. The Morgan fingerprint density at radius 2 is 2.15 bits per heavy atom. The molecular weight excluding hydrogens is 368 g/mol. The highest BCUT2D eigenvalue weighted by Crippen LogP contribution is 2.31. The molecule has 1 aliphatic heterocycles. The van der Waals surface area contributed by atoms with Gasteiger partial charge in [-0.1, -0.05) is 23.7 Å². The topological polar surface area (TPSA) is 81.3 Å². The van der Waals surface area contributed by atoms with Crippen LogP contribution in [0.5, 0.6) is 5.75 Å². The first-order chi connectivity index (χ1) is 13.0. The number of ether oxygens (including phenoxy) is 2. The van der Waals surface area contributed by atoms with E-state index in [0.29, 0.717) is 28.2 Å². The molecule has 0 unspecified atom stereocenters. The van der Waals surface area contributed by atoms with Gasteiger partial charge in [0.05, 0.1) is 16.8 Å². The van der Waals surface area contributed by atoms with E-state index in [9.17, 15) is 9.59 Å². The summed E-state index contributed by atoms with van der Waals surface area (Å²) >= 11 is 6.02. The molecule has 0 spiro atoms. The quantitative estimate of drug-likeness (QED) is 0.699. The maximum atomic E-state index is 12.6. The van der Waals surface area contributed by atoms with Crippen molar-refractivity contribution < 1.29 is 14.3 Å². The first-order valence-electron chi connectivity index (χ1n) is 8.62. The summed E-state index contributed by atoms with van der Waals surface area (Å²) in [4.78, 5) is 31.9. The summed E-state index contributed by atoms with van der Waals surface area (Å²) in [6.45, 7) is 1.92. The lowest BCUT2D eigenvalue weighted by Gasteiger charge is -2.25. The van der Waals surface area contributed by atoms with Crippen LogP contribution in [0.15, 0.2) is 47.3 Å². The minimum atomic E-state index is -0.685. The fourth-order valence-corrected chi connectivity index (χ4v) is 3.33. The van der Waals surface area contributed by atoms with E-state index in [1.54, 1.807) is 49.4 Å². The average Bonchev–Trinajstić information content (AvgIpc) is 2.67. The lowest BCUT2D eigenvalue weighted by atomic mass is 9.97. The second kappa shape index (κ2) is 7.04. The zero-order chi connectivity index (χ0) is 19.0. The summed E-state index contributed by atoms with van der Waals surface area (Å²) in [6.07, 6.45) is -0.195. The second-order valence-corrected chi connectivity index (χ2v) is 6.95. The Morgan fingerprint density at radius 1 is 1.33 bits per heavy atom. The lowest BCUT2D eigenvalue weighted by molar-refractivity contribution is -0.155. The Hall–Kier alpha value is -2.86. The number of aromatic amines is 1. The summed E-state index contributed by atoms with van der Waals surface area (Å²) in [6, 6.07) is 12.4. The summed E-state index contributed by atoms with van der Waals surface area (Å²) in [5.74, 6) is 0.207. The smallest absolute Gasteiger partial charge is 0.313 e. The fourth-order valence-electron chi connectivity index (χ4n) is 3.14. The van der Waals surface area contributed by atoms with E-state index >= 15 is 0 Å². The highest BCUT2D eigenvalue weighted by atomic mass is 35.5. The molecule has 0 bridgehead atoms. The van der Waals surface area contributed by atoms with E-state index in [1.165, 1.54) is 0 Å². The van der Waals surface area contributed by atoms with Crippen LogP contribution in [0.1, 0.15) is 24.4 Å². The van der Waals surface area contributed by atoms with Gasteiger partial charge in [0.1, 0.15) is 12.4 Å². The number of hydrogen-bond acceptors (Lipinski definition) is 5. The molecule has 1 aromatic heterocycles. The third-order valence-electron chi connectivity index (χ3n) is 4.57. The van der Waals surface area contributed by atoms with E-state index in [4.69, 9.17) is 21.1 Å². The number of para-hydroxylation sites is 1. The number of H-pyrrole nitrogens is 1. The monoisotopic (exact) mass is 384 g/mol. The van der Waals surface area contributed by atoms with Gasteiger partial charge in [0, 0.05) is 5.02 Å². The van der Waals surface area contributed by atoms with Crippen molar-refractivity contribution in [3.63, 3.8) is 0 Å². The molecule has 138 valence electrons. The first-order valence-corrected chi connectivity index (χ1v) is 9.00. The van der Waals surface area contributed by atoms with Gasteiger partial charge in [0.2, 0.25) is 0 Å². The Labute approximate surface area is 160 Å². The van der Waals surface area contributed by atoms with Crippen molar-refractivity contribution in [1.29, 1.82) is 0 Å². The number of halogens is 1. The van der Waals surface area contributed by atoms with E-state index < -0.39 is 18.0 Å². The van der Waals surface area contributed by atoms with Crippen LogP contribution in [0, 0.1) is 5.92 Å². The molecule has 0 aliphatic carbocycles. The van der Waals surface area contributed by atoms with Crippen molar-refractivity contribution >= 4 is 28.5 Å². The average molecular weight is 385 g/mol. The number of nitrogens with one attached hydrogen (secondary N) is 1. The van der Waals surface area contributed by atoms with Gasteiger partial charge < -0.3 is 14.5 Å². The van der Waals surface area contributed by atoms with Gasteiger partial charge in [0.25, 0.3) is 5.56 Å². The van der Waals surface area contributed by atoms with Crippen molar-refractivity contribution in [2.45, 2.75) is 19.4 Å². The molecule has 0 radical (unpaired) electrons. The van der Waals surface area contributed by atoms with Gasteiger partial charge in [0.15, 0.2) is 11.9 Å². The predicted molar refractivity (Wildman–Crippen MR) is 101 cm³/mol. The Balaban J connectivity index is 1.51. The minimum Gasteiger partial charge on any atom is -0.492 e. The molecule has 2 aromatic carbocycles. The van der Waals surface area contributed by atoms with Gasteiger partial charge in [-0.3, -0.25) is 9.59 Å². The third-order valence-corrected chi connectivity index (χ3v) is 4.81. The maximum Gasteiger partial charge on any atom is 0.313 e. The molecule has 0 saturated heterocycles. The summed E-state index contributed by atoms with van der Waals surface area (Å²) in [5.41, 5.74) is 1.17. The maximum absolute atomic E-state index is 12.6. The SMILES string of the molecule is C[C@H](OC(=O)[C@@H]1COc2ccc(Cl)cc2C1)c1nc2ccccc2c(=O)[nH]1. The summed E-state index contributed by atoms with van der Waals surface area (Å²) < 4.78 is 11.2. The molecule has 7 heteroatoms. The zero-order valence-electron chi connectivity index (χ0n) is 14.6. The molecule has 0 amide bonds. The van der Waals surface area contributed by atoms with E-state index in [1.807, 2.05) is 0 Å². The van der Waals surface area contributed by atoms with Gasteiger partial charge in [-0.15, -0.1) is 0 Å². The van der Waals surface area contributed by atoms with Crippen molar-refractivity contribution in [3.05, 3.63) is 69.2 Å². The van der Waals surface area contributed by atoms with Crippen molar-refractivity contribution in [2.24, 2.45) is 5.92 Å². The van der Waals surface area contributed by atoms with Crippen LogP contribution in [0.2, 0.25) is 5.02 Å². The lowest BCUT2D eigenvalue weighted by Crippen LogP contribution is -2.30. The highest BCUT2D eigenvalue weighted by molar-refractivity contribution is 6.30. The highest BCUT2D eigenvalue weighted by Gasteiger charge is 2.29. The number of carbonyl (C=O) groups excluding carboxylic acids is 1. The first kappa shape index (κ1) is 17.5. The Morgan fingerprint density at radius 3 is 3.00 bits per heavy atom. The molecule has 27 heavy (non-hydrogen) atoms. The number of rotatable bonds is 3. The molecule has 0 saturated carbocycles. The second-order valence-electron chi connectivity index (χ2n) is 6.51. The molecule has 2 atom stereocenters. The van der Waals surface area contributed by atoms with E-state index in [0.717, 1.165) is 11.3 Å². The van der Waals surface area contributed by atoms with Crippen LogP contribution in [0.3, 0.4) is 0 Å². The molecule has 0 fully saturated rings. The summed E-state index contributed by atoms with van der Waals surface area (Å²) in [7, 11) is 0. The number of nitrogens with zero attached hydrogens (tertiary/aromatic N) is 1. The van der Waals surface area contributed by atoms with Crippen LogP contribution < -0.4 is 10.3 Å². The van der Waals surface area contributed by atoms with Gasteiger partial charge in [-0.25, -0.2) is 4.98 Å². The van der Waals surface area contributed by atoms with Crippen molar-refractivity contribution in [3.8, 4) is 5.75 Å². The van der Waals surface area contributed by atoms with Gasteiger partial charge in [-0.2, -0.15) is 0 Å². The number of benzene rings is 2. The standard InChI is InChI=1S/C20H17ClN2O4/c1-11(18-22-16-5-3-2-4-15(16)19(24)23-18)27-20(25)13-8-12-9-14(21)6-7-17(12)26-10-13/h2-7,9,11,13H,8,10H2,1H3,(H,22,23,24)/t11-,13-/m0/s1. The van der Waals surface area contributed by atoms with Crippen LogP contribution in [0.4, 0.5) is 0 Å². The minimum absolute atomic E-state index is 0.238. The number of fused-ring (bicyclic) bond motifs is 2. The molecule has 1 N–H and O–H groups in total. The van der Waals surface area contributed by atoms with Gasteiger partial charge >= 0.3 is 5.97 Å². The molecule has 3 aromatic rings. The number of aromatic nitrogens is 2. The molecule has 1 aliphatic rings. The van der Waals surface area contributed by atoms with Gasteiger partial charge in [-0.05, 0) is 49.2 Å². The normalized spacial score (nSPS) is 17.0. The van der Waals surface area contributed by atoms with Crippen LogP contribution in [0.25, 0.3) is 10.9 Å². The van der Waals surface area contributed by atoms with Crippen LogP contribution in [-0.2, 0) is 16.0 Å². The summed E-state index contributed by atoms with van der Waals surface area (Å²) in [5, 5.41) is 1.09. The molecular formula is C20H17ClN2O4. The number of esters is 1.